The van der Waals surface area contributed by atoms with Crippen molar-refractivity contribution in [3.8, 4) is 0 Å². The minimum Gasteiger partial charge on any atom is -0.478 e. The summed E-state index contributed by atoms with van der Waals surface area (Å²) in [5.74, 6) is -0.914. The lowest BCUT2D eigenvalue weighted by molar-refractivity contribution is 0.0697. The number of carboxylic acid groups (broad SMARTS) is 1. The largest absolute Gasteiger partial charge is 0.478 e. The van der Waals surface area contributed by atoms with E-state index in [1.54, 1.807) is 6.92 Å². The van der Waals surface area contributed by atoms with Crippen molar-refractivity contribution in [2.24, 2.45) is 0 Å². The topological polar surface area (TPSA) is 68.7 Å². The summed E-state index contributed by atoms with van der Waals surface area (Å²) in [7, 11) is 4.22. The van der Waals surface area contributed by atoms with E-state index in [1.165, 1.54) is 11.5 Å². The number of hydrogen-bond acceptors (Lipinski definition) is 6. The molecule has 0 saturated carbocycles. The monoisotopic (exact) mass is 284 g/mol. The lowest BCUT2D eigenvalue weighted by Crippen LogP contribution is -2.52. The highest BCUT2D eigenvalue weighted by atomic mass is 32.1. The van der Waals surface area contributed by atoms with Crippen molar-refractivity contribution in [3.63, 3.8) is 0 Å². The predicted octanol–water partition coefficient (Wildman–Crippen LogP) is 0.807. The Morgan fingerprint density at radius 1 is 1.53 bits per heavy atom. The van der Waals surface area contributed by atoms with Gasteiger partial charge >= 0.3 is 5.97 Å². The smallest absolute Gasteiger partial charge is 0.340 e. The van der Waals surface area contributed by atoms with E-state index in [0.717, 1.165) is 26.2 Å². The highest BCUT2D eigenvalue weighted by Crippen LogP contribution is 2.24. The quantitative estimate of drug-likeness (QED) is 0.853. The molecule has 2 rings (SSSR count). The number of likely N-dealkylation sites (N-methyl/N-ethyl adjacent to an activating group) is 2. The molecular formula is C12H20N4O2S. The first kappa shape index (κ1) is 14.2. The van der Waals surface area contributed by atoms with E-state index in [0.29, 0.717) is 22.3 Å². The van der Waals surface area contributed by atoms with Crippen molar-refractivity contribution in [2.45, 2.75) is 13.0 Å². The van der Waals surface area contributed by atoms with Crippen LogP contribution in [0.2, 0.25) is 0 Å². The molecule has 1 unspecified atom stereocenters. The van der Waals surface area contributed by atoms with E-state index in [2.05, 4.69) is 33.6 Å². The molecule has 1 aliphatic rings. The third-order valence-corrected chi connectivity index (χ3v) is 4.45. The minimum absolute atomic E-state index is 0.303. The molecule has 1 atom stereocenters. The van der Waals surface area contributed by atoms with Crippen molar-refractivity contribution in [1.29, 1.82) is 0 Å². The number of aromatic nitrogens is 1. The minimum atomic E-state index is -0.914. The average Bonchev–Trinajstić information content (AvgIpc) is 2.72. The second-order valence-electron chi connectivity index (χ2n) is 5.05. The zero-order valence-corrected chi connectivity index (χ0v) is 12.3. The van der Waals surface area contributed by atoms with E-state index in [1.807, 2.05) is 0 Å². The van der Waals surface area contributed by atoms with Crippen molar-refractivity contribution < 1.29 is 9.90 Å². The SMILES string of the molecule is Cc1nsc(NCC2CN(C)CCN2C)c1C(=O)O. The first-order valence-corrected chi connectivity index (χ1v) is 7.08. The first-order chi connectivity index (χ1) is 8.99. The van der Waals surface area contributed by atoms with Gasteiger partial charge in [0.2, 0.25) is 0 Å². The molecule has 6 nitrogen and oxygen atoms in total. The van der Waals surface area contributed by atoms with Gasteiger partial charge in [-0.3, -0.25) is 4.90 Å². The number of anilines is 1. The van der Waals surface area contributed by atoms with E-state index in [4.69, 9.17) is 0 Å². The molecule has 0 aromatic carbocycles. The summed E-state index contributed by atoms with van der Waals surface area (Å²) in [6, 6.07) is 0.391. The second-order valence-corrected chi connectivity index (χ2v) is 5.83. The zero-order valence-electron chi connectivity index (χ0n) is 11.5. The van der Waals surface area contributed by atoms with Crippen molar-refractivity contribution in [3.05, 3.63) is 11.3 Å². The molecule has 1 fully saturated rings. The Bertz CT molecular complexity index is 463. The number of rotatable bonds is 4. The Hall–Kier alpha value is -1.18. The molecule has 1 saturated heterocycles. The molecule has 0 aliphatic carbocycles. The molecule has 2 heterocycles. The fourth-order valence-electron chi connectivity index (χ4n) is 2.27. The van der Waals surface area contributed by atoms with Crippen LogP contribution in [0.5, 0.6) is 0 Å². The van der Waals surface area contributed by atoms with Gasteiger partial charge in [-0.2, -0.15) is 4.37 Å². The van der Waals surface area contributed by atoms with Gasteiger partial charge < -0.3 is 15.3 Å². The van der Waals surface area contributed by atoms with Crippen LogP contribution >= 0.6 is 11.5 Å². The van der Waals surface area contributed by atoms with Gasteiger partial charge in [0.1, 0.15) is 10.6 Å². The number of carbonyl (C=O) groups is 1. The van der Waals surface area contributed by atoms with Crippen LogP contribution < -0.4 is 5.32 Å². The van der Waals surface area contributed by atoms with Crippen LogP contribution in [-0.2, 0) is 0 Å². The maximum absolute atomic E-state index is 11.2. The normalized spacial score (nSPS) is 21.5. The fraction of sp³-hybridized carbons (Fsp3) is 0.667. The molecular weight excluding hydrogens is 264 g/mol. The standard InChI is InChI=1S/C12H20N4O2S/c1-8-10(12(17)18)11(19-14-8)13-6-9-7-15(2)4-5-16(9)3/h9,13H,4-7H2,1-3H3,(H,17,18). The number of nitrogens with one attached hydrogen (secondary N) is 1. The molecule has 19 heavy (non-hydrogen) atoms. The predicted molar refractivity (Wildman–Crippen MR) is 76.2 cm³/mol. The average molecular weight is 284 g/mol. The van der Waals surface area contributed by atoms with Gasteiger partial charge in [0.25, 0.3) is 0 Å². The van der Waals surface area contributed by atoms with Crippen molar-refractivity contribution in [2.75, 3.05) is 45.6 Å². The molecule has 1 aromatic heterocycles. The second kappa shape index (κ2) is 5.85. The van der Waals surface area contributed by atoms with Crippen LogP contribution in [0.4, 0.5) is 5.00 Å². The van der Waals surface area contributed by atoms with Gasteiger partial charge in [-0.15, -0.1) is 0 Å². The van der Waals surface area contributed by atoms with Crippen LogP contribution in [-0.4, -0.2) is 71.6 Å². The lowest BCUT2D eigenvalue weighted by atomic mass is 10.2. The van der Waals surface area contributed by atoms with Crippen molar-refractivity contribution >= 4 is 22.5 Å². The number of hydrogen-bond donors (Lipinski definition) is 2. The lowest BCUT2D eigenvalue weighted by Gasteiger charge is -2.37. The summed E-state index contributed by atoms with van der Waals surface area (Å²) in [5, 5.41) is 13.1. The van der Waals surface area contributed by atoms with Gasteiger partial charge in [-0.25, -0.2) is 4.79 Å². The number of piperazine rings is 1. The summed E-state index contributed by atoms with van der Waals surface area (Å²) in [5.41, 5.74) is 0.880. The highest BCUT2D eigenvalue weighted by molar-refractivity contribution is 7.10. The van der Waals surface area contributed by atoms with E-state index in [-0.39, 0.29) is 0 Å². The van der Waals surface area contributed by atoms with Gasteiger partial charge in [-0.05, 0) is 32.6 Å². The summed E-state index contributed by atoms with van der Waals surface area (Å²) in [6.45, 7) is 5.57. The first-order valence-electron chi connectivity index (χ1n) is 6.31. The maximum atomic E-state index is 11.2. The van der Waals surface area contributed by atoms with Crippen LogP contribution in [0.15, 0.2) is 0 Å². The van der Waals surface area contributed by atoms with E-state index in [9.17, 15) is 9.90 Å². The maximum Gasteiger partial charge on any atom is 0.340 e. The van der Waals surface area contributed by atoms with Crippen molar-refractivity contribution in [1.82, 2.24) is 14.2 Å². The van der Waals surface area contributed by atoms with E-state index >= 15 is 0 Å². The third kappa shape index (κ3) is 3.23. The molecule has 0 amide bonds. The molecule has 1 aromatic rings. The van der Waals surface area contributed by atoms with Crippen LogP contribution in [0.25, 0.3) is 0 Å². The molecule has 0 bridgehead atoms. The van der Waals surface area contributed by atoms with Gasteiger partial charge in [-0.1, -0.05) is 0 Å². The van der Waals surface area contributed by atoms with Crippen LogP contribution in [0.1, 0.15) is 16.1 Å². The van der Waals surface area contributed by atoms with Crippen LogP contribution in [0, 0.1) is 6.92 Å². The Morgan fingerprint density at radius 2 is 2.26 bits per heavy atom. The Morgan fingerprint density at radius 3 is 2.95 bits per heavy atom. The van der Waals surface area contributed by atoms with Gasteiger partial charge in [0.05, 0.1) is 5.69 Å². The molecule has 0 radical (unpaired) electrons. The summed E-state index contributed by atoms with van der Waals surface area (Å²) < 4.78 is 4.11. The Labute approximate surface area is 117 Å². The molecule has 1 aliphatic heterocycles. The number of aromatic carboxylic acids is 1. The third-order valence-electron chi connectivity index (χ3n) is 3.56. The molecule has 7 heteroatoms. The summed E-state index contributed by atoms with van der Waals surface area (Å²) >= 11 is 1.22. The molecule has 106 valence electrons. The fourth-order valence-corrected chi connectivity index (χ4v) is 3.07. The number of carboxylic acids is 1. The summed E-state index contributed by atoms with van der Waals surface area (Å²) in [6.07, 6.45) is 0. The Kier molecular flexibility index (Phi) is 4.38. The Balaban J connectivity index is 2.00. The highest BCUT2D eigenvalue weighted by Gasteiger charge is 2.23. The van der Waals surface area contributed by atoms with E-state index < -0.39 is 5.97 Å². The van der Waals surface area contributed by atoms with Crippen LogP contribution in [0.3, 0.4) is 0 Å². The summed E-state index contributed by atoms with van der Waals surface area (Å²) in [4.78, 5) is 15.8. The number of aryl methyl sites for hydroxylation is 1. The molecule has 0 spiro atoms. The number of nitrogens with zero attached hydrogens (tertiary/aromatic N) is 3. The molecule has 2 N–H and O–H groups in total. The zero-order chi connectivity index (χ0) is 14.0. The van der Waals surface area contributed by atoms with Gasteiger partial charge in [0.15, 0.2) is 0 Å². The van der Waals surface area contributed by atoms with Gasteiger partial charge in [0, 0.05) is 32.2 Å².